The molecule has 0 bridgehead atoms. The van der Waals surface area contributed by atoms with Gasteiger partial charge in [0, 0.05) is 11.4 Å². The van der Waals surface area contributed by atoms with Crippen molar-refractivity contribution in [2.75, 3.05) is 11.5 Å². The van der Waals surface area contributed by atoms with E-state index in [2.05, 4.69) is 6.92 Å². The highest BCUT2D eigenvalue weighted by Crippen LogP contribution is 2.13. The fourth-order valence-corrected chi connectivity index (χ4v) is 0.613. The van der Waals surface area contributed by atoms with E-state index in [0.29, 0.717) is 11.4 Å². The molecule has 47 valence electrons. The van der Waals surface area contributed by atoms with Gasteiger partial charge in [0.1, 0.15) is 0 Å². The van der Waals surface area contributed by atoms with Crippen LogP contribution in [0.3, 0.4) is 0 Å². The Morgan fingerprint density at radius 2 is 1.89 bits per heavy atom. The minimum Gasteiger partial charge on any atom is -0.399 e. The number of hydrogen-bond acceptors (Lipinski definition) is 2. The Bertz CT molecular complexity index is 218. The maximum absolute atomic E-state index is 5.48. The average Bonchev–Trinajstić information content (AvgIpc) is 1.80. The molecule has 4 N–H and O–H groups in total. The second-order valence-electron chi connectivity index (χ2n) is 1.96. The summed E-state index contributed by atoms with van der Waals surface area (Å²) in [6.45, 7) is 3.68. The van der Waals surface area contributed by atoms with Crippen molar-refractivity contribution in [3.63, 3.8) is 0 Å². The Hall–Kier alpha value is -1.18. The standard InChI is InChI=1S/C7H9N2/c1-5-2-3-6(8)4-7(5)9/h2-4H,1,8-9H2. The highest BCUT2D eigenvalue weighted by Gasteiger charge is 1.90. The van der Waals surface area contributed by atoms with Gasteiger partial charge in [0.05, 0.1) is 0 Å². The van der Waals surface area contributed by atoms with Crippen molar-refractivity contribution >= 4 is 11.4 Å². The lowest BCUT2D eigenvalue weighted by atomic mass is 10.2. The molecule has 1 aromatic carbocycles. The van der Waals surface area contributed by atoms with E-state index < -0.39 is 0 Å². The fourth-order valence-electron chi connectivity index (χ4n) is 0.613. The summed E-state index contributed by atoms with van der Waals surface area (Å²) >= 11 is 0. The molecule has 1 aromatic rings. The molecule has 0 heterocycles. The van der Waals surface area contributed by atoms with Crippen LogP contribution in [-0.2, 0) is 0 Å². The summed E-state index contributed by atoms with van der Waals surface area (Å²) in [4.78, 5) is 0. The molecule has 0 saturated heterocycles. The number of anilines is 2. The van der Waals surface area contributed by atoms with E-state index in [1.54, 1.807) is 18.2 Å². The van der Waals surface area contributed by atoms with E-state index in [1.807, 2.05) is 0 Å². The summed E-state index contributed by atoms with van der Waals surface area (Å²) in [5.74, 6) is 0. The summed E-state index contributed by atoms with van der Waals surface area (Å²) in [6, 6.07) is 5.27. The predicted octanol–water partition coefficient (Wildman–Crippen LogP) is 1.03. The highest BCUT2D eigenvalue weighted by atomic mass is 14.6. The van der Waals surface area contributed by atoms with Gasteiger partial charge < -0.3 is 11.5 Å². The van der Waals surface area contributed by atoms with Crippen molar-refractivity contribution in [1.29, 1.82) is 0 Å². The molecule has 0 aliphatic carbocycles. The SMILES string of the molecule is [CH2]c1ccc(N)cc1N. The van der Waals surface area contributed by atoms with E-state index in [-0.39, 0.29) is 0 Å². The molecule has 1 radical (unpaired) electrons. The highest BCUT2D eigenvalue weighted by molar-refractivity contribution is 5.57. The van der Waals surface area contributed by atoms with Gasteiger partial charge in [-0.05, 0) is 24.6 Å². The second kappa shape index (κ2) is 1.97. The van der Waals surface area contributed by atoms with Gasteiger partial charge in [0.15, 0.2) is 0 Å². The van der Waals surface area contributed by atoms with E-state index >= 15 is 0 Å². The zero-order valence-corrected chi connectivity index (χ0v) is 5.09. The largest absolute Gasteiger partial charge is 0.399 e. The van der Waals surface area contributed by atoms with E-state index in [0.717, 1.165) is 5.56 Å². The van der Waals surface area contributed by atoms with Gasteiger partial charge in [0.2, 0.25) is 0 Å². The first-order chi connectivity index (χ1) is 4.20. The van der Waals surface area contributed by atoms with Gasteiger partial charge in [-0.15, -0.1) is 0 Å². The Labute approximate surface area is 54.5 Å². The van der Waals surface area contributed by atoms with Crippen molar-refractivity contribution in [3.05, 3.63) is 30.7 Å². The summed E-state index contributed by atoms with van der Waals surface area (Å²) in [5.41, 5.74) is 13.0. The van der Waals surface area contributed by atoms with Crippen molar-refractivity contribution < 1.29 is 0 Å². The molecule has 0 unspecified atom stereocenters. The van der Waals surface area contributed by atoms with Crippen molar-refractivity contribution in [1.82, 2.24) is 0 Å². The van der Waals surface area contributed by atoms with Gasteiger partial charge in [-0.3, -0.25) is 0 Å². The Kier molecular flexibility index (Phi) is 1.30. The molecular formula is C7H9N2. The Morgan fingerprint density at radius 1 is 1.22 bits per heavy atom. The van der Waals surface area contributed by atoms with Crippen LogP contribution in [0.5, 0.6) is 0 Å². The molecule has 2 nitrogen and oxygen atoms in total. The van der Waals surface area contributed by atoms with Gasteiger partial charge in [0.25, 0.3) is 0 Å². The normalized spacial score (nSPS) is 9.44. The molecule has 0 amide bonds. The quantitative estimate of drug-likeness (QED) is 0.504. The molecule has 1 rings (SSSR count). The lowest BCUT2D eigenvalue weighted by Crippen LogP contribution is -1.91. The molecule has 0 fully saturated rings. The van der Waals surface area contributed by atoms with Crippen LogP contribution >= 0.6 is 0 Å². The zero-order valence-electron chi connectivity index (χ0n) is 5.09. The molecule has 0 aromatic heterocycles. The molecule has 0 aliphatic heterocycles. The van der Waals surface area contributed by atoms with E-state index in [1.165, 1.54) is 0 Å². The predicted molar refractivity (Wildman–Crippen MR) is 39.7 cm³/mol. The molecule has 0 atom stereocenters. The van der Waals surface area contributed by atoms with Crippen molar-refractivity contribution in [3.8, 4) is 0 Å². The average molecular weight is 121 g/mol. The minimum atomic E-state index is 0.648. The number of rotatable bonds is 0. The molecule has 0 saturated carbocycles. The second-order valence-corrected chi connectivity index (χ2v) is 1.96. The van der Waals surface area contributed by atoms with Gasteiger partial charge in [-0.2, -0.15) is 0 Å². The van der Waals surface area contributed by atoms with Crippen molar-refractivity contribution in [2.24, 2.45) is 0 Å². The Balaban J connectivity index is 3.17. The topological polar surface area (TPSA) is 52.0 Å². The van der Waals surface area contributed by atoms with Gasteiger partial charge in [-0.1, -0.05) is 6.07 Å². The third-order valence-electron chi connectivity index (χ3n) is 1.17. The lowest BCUT2D eigenvalue weighted by Gasteiger charge is -1.98. The van der Waals surface area contributed by atoms with Crippen LogP contribution in [0.25, 0.3) is 0 Å². The maximum Gasteiger partial charge on any atom is 0.0367 e. The molecule has 0 aliphatic rings. The maximum atomic E-state index is 5.48. The first-order valence-electron chi connectivity index (χ1n) is 2.67. The fraction of sp³-hybridized carbons (Fsp3) is 0. The number of hydrogen-bond donors (Lipinski definition) is 2. The van der Waals surface area contributed by atoms with Crippen LogP contribution in [0.2, 0.25) is 0 Å². The van der Waals surface area contributed by atoms with Crippen LogP contribution in [0.15, 0.2) is 18.2 Å². The van der Waals surface area contributed by atoms with Crippen molar-refractivity contribution in [2.45, 2.75) is 0 Å². The lowest BCUT2D eigenvalue weighted by molar-refractivity contribution is 1.59. The number of nitrogen functional groups attached to an aromatic ring is 2. The monoisotopic (exact) mass is 121 g/mol. The summed E-state index contributed by atoms with van der Waals surface area (Å²) < 4.78 is 0. The minimum absolute atomic E-state index is 0.648. The van der Waals surface area contributed by atoms with Crippen LogP contribution < -0.4 is 11.5 Å². The molecule has 0 spiro atoms. The van der Waals surface area contributed by atoms with Crippen LogP contribution in [0.1, 0.15) is 5.56 Å². The van der Waals surface area contributed by atoms with Gasteiger partial charge in [-0.25, -0.2) is 0 Å². The first-order valence-corrected chi connectivity index (χ1v) is 2.67. The van der Waals surface area contributed by atoms with Gasteiger partial charge >= 0.3 is 0 Å². The third-order valence-corrected chi connectivity index (χ3v) is 1.17. The van der Waals surface area contributed by atoms with E-state index in [9.17, 15) is 0 Å². The smallest absolute Gasteiger partial charge is 0.0367 e. The van der Waals surface area contributed by atoms with E-state index in [4.69, 9.17) is 11.5 Å². The molecular weight excluding hydrogens is 112 g/mol. The molecule has 2 heteroatoms. The third kappa shape index (κ3) is 1.13. The number of nitrogens with two attached hydrogens (primary N) is 2. The zero-order chi connectivity index (χ0) is 6.85. The summed E-state index contributed by atoms with van der Waals surface area (Å²) in [6.07, 6.45) is 0. The van der Waals surface area contributed by atoms with Crippen LogP contribution in [-0.4, -0.2) is 0 Å². The molecule has 9 heavy (non-hydrogen) atoms. The number of benzene rings is 1. The van der Waals surface area contributed by atoms with Crippen LogP contribution in [0.4, 0.5) is 11.4 Å². The Morgan fingerprint density at radius 3 is 2.33 bits per heavy atom. The summed E-state index contributed by atoms with van der Waals surface area (Å²) in [7, 11) is 0. The summed E-state index contributed by atoms with van der Waals surface area (Å²) in [5, 5.41) is 0. The van der Waals surface area contributed by atoms with Crippen LogP contribution in [0, 0.1) is 6.92 Å². The first kappa shape index (κ1) is 5.95.